The molecule has 0 aliphatic heterocycles. The number of ether oxygens (including phenoxy) is 1. The van der Waals surface area contributed by atoms with Gasteiger partial charge in [0.05, 0.1) is 10.9 Å². The first-order valence-corrected chi connectivity index (χ1v) is 9.65. The lowest BCUT2D eigenvalue weighted by molar-refractivity contribution is -0.153. The van der Waals surface area contributed by atoms with E-state index in [2.05, 4.69) is 20.0 Å². The van der Waals surface area contributed by atoms with Crippen molar-refractivity contribution < 1.29 is 22.7 Å². The third-order valence-corrected chi connectivity index (χ3v) is 5.89. The summed E-state index contributed by atoms with van der Waals surface area (Å²) in [4.78, 5) is 20.3. The zero-order valence-electron chi connectivity index (χ0n) is 14.9. The number of nitrogens with zero attached hydrogens (tertiary/aromatic N) is 1. The van der Waals surface area contributed by atoms with Gasteiger partial charge in [-0.1, -0.05) is 29.5 Å². The fraction of sp³-hybridized carbons (Fsp3) is 0.368. The van der Waals surface area contributed by atoms with Gasteiger partial charge in [-0.25, -0.2) is 4.98 Å². The summed E-state index contributed by atoms with van der Waals surface area (Å²) in [6, 6.07) is 7.62. The Morgan fingerprint density at radius 2 is 2.21 bits per heavy atom. The van der Waals surface area contributed by atoms with E-state index in [0.717, 1.165) is 34.2 Å². The molecule has 1 saturated carbocycles. The Hall–Kier alpha value is -2.55. The number of aromatic nitrogens is 2. The van der Waals surface area contributed by atoms with E-state index < -0.39 is 12.8 Å². The lowest BCUT2D eigenvalue weighted by atomic mass is 10.1. The average Bonchev–Trinajstić information content (AvgIpc) is 3.11. The summed E-state index contributed by atoms with van der Waals surface area (Å²) in [5.74, 6) is 0.0139. The molecule has 148 valence electrons. The molecule has 1 fully saturated rings. The van der Waals surface area contributed by atoms with Crippen molar-refractivity contribution in [2.75, 3.05) is 6.61 Å². The molecule has 0 radical (unpaired) electrons. The fourth-order valence-electron chi connectivity index (χ4n) is 3.30. The molecule has 1 amide bonds. The van der Waals surface area contributed by atoms with Crippen LogP contribution in [0.25, 0.3) is 10.9 Å². The molecule has 1 aliphatic rings. The molecule has 2 heterocycles. The molecule has 1 aromatic carbocycles. The zero-order valence-corrected chi connectivity index (χ0v) is 15.7. The second kappa shape index (κ2) is 7.12. The molecule has 0 saturated heterocycles. The van der Waals surface area contributed by atoms with E-state index in [1.54, 1.807) is 6.92 Å². The second-order valence-corrected chi connectivity index (χ2v) is 7.93. The maximum absolute atomic E-state index is 12.6. The molecule has 5 nitrogen and oxygen atoms in total. The molecule has 28 heavy (non-hydrogen) atoms. The van der Waals surface area contributed by atoms with Crippen molar-refractivity contribution >= 4 is 28.1 Å². The zero-order chi connectivity index (χ0) is 19.9. The van der Waals surface area contributed by atoms with Gasteiger partial charge in [0, 0.05) is 29.2 Å². The van der Waals surface area contributed by atoms with Crippen molar-refractivity contribution in [3.05, 3.63) is 47.1 Å². The van der Waals surface area contributed by atoms with E-state index in [1.807, 2.05) is 30.5 Å². The summed E-state index contributed by atoms with van der Waals surface area (Å²) in [6.07, 6.45) is -0.233. The number of carbonyl (C=O) groups excluding carboxylic acids is 1. The van der Waals surface area contributed by atoms with Crippen LogP contribution in [-0.4, -0.2) is 28.7 Å². The minimum absolute atomic E-state index is 0.0588. The number of hydrogen-bond acceptors (Lipinski definition) is 4. The first-order chi connectivity index (χ1) is 13.3. The lowest BCUT2D eigenvalue weighted by Gasteiger charge is -2.11. The van der Waals surface area contributed by atoms with Crippen LogP contribution in [0.3, 0.4) is 0 Å². The third kappa shape index (κ3) is 3.99. The van der Waals surface area contributed by atoms with Crippen LogP contribution in [0.5, 0.6) is 5.19 Å². The van der Waals surface area contributed by atoms with Gasteiger partial charge < -0.3 is 15.0 Å². The van der Waals surface area contributed by atoms with Crippen LogP contribution < -0.4 is 10.1 Å². The number of H-pyrrole nitrogens is 1. The highest BCUT2D eigenvalue weighted by molar-refractivity contribution is 7.13. The monoisotopic (exact) mass is 409 g/mol. The summed E-state index contributed by atoms with van der Waals surface area (Å²) < 4.78 is 41.3. The van der Waals surface area contributed by atoms with E-state index in [-0.39, 0.29) is 29.0 Å². The van der Waals surface area contributed by atoms with Crippen LogP contribution in [0, 0.1) is 5.92 Å². The van der Waals surface area contributed by atoms with Gasteiger partial charge in [0.25, 0.3) is 5.19 Å². The largest absolute Gasteiger partial charge is 0.460 e. The number of para-hydroxylation sites is 1. The number of fused-ring (bicyclic) bond motifs is 1. The number of hydrogen-bond donors (Lipinski definition) is 2. The second-order valence-electron chi connectivity index (χ2n) is 6.90. The van der Waals surface area contributed by atoms with Gasteiger partial charge in [0.1, 0.15) is 0 Å². The van der Waals surface area contributed by atoms with Gasteiger partial charge in [-0.05, 0) is 30.9 Å². The first-order valence-electron chi connectivity index (χ1n) is 8.83. The number of halogens is 3. The first kappa shape index (κ1) is 18.8. The third-order valence-electron chi connectivity index (χ3n) is 4.80. The predicted molar refractivity (Wildman–Crippen MR) is 99.4 cm³/mol. The van der Waals surface area contributed by atoms with Crippen molar-refractivity contribution in [2.24, 2.45) is 5.92 Å². The van der Waals surface area contributed by atoms with Crippen LogP contribution in [0.4, 0.5) is 13.2 Å². The van der Waals surface area contributed by atoms with Crippen molar-refractivity contribution in [3.8, 4) is 5.19 Å². The molecule has 1 unspecified atom stereocenters. The molecule has 9 heteroatoms. The number of alkyl halides is 3. The fourth-order valence-corrected chi connectivity index (χ4v) is 4.07. The quantitative estimate of drug-likeness (QED) is 0.628. The Labute approximate surface area is 162 Å². The van der Waals surface area contributed by atoms with Gasteiger partial charge in [0.15, 0.2) is 6.61 Å². The summed E-state index contributed by atoms with van der Waals surface area (Å²) in [5.41, 5.74) is 2.19. The molecule has 3 atom stereocenters. The Morgan fingerprint density at radius 1 is 1.43 bits per heavy atom. The van der Waals surface area contributed by atoms with Crippen LogP contribution >= 0.6 is 11.3 Å². The number of amides is 1. The van der Waals surface area contributed by atoms with Crippen molar-refractivity contribution in [3.63, 3.8) is 0 Å². The molecule has 0 bridgehead atoms. The highest BCUT2D eigenvalue weighted by atomic mass is 32.1. The van der Waals surface area contributed by atoms with Crippen LogP contribution in [0.2, 0.25) is 0 Å². The Kier molecular flexibility index (Phi) is 4.78. The molecule has 1 aliphatic carbocycles. The predicted octanol–water partition coefficient (Wildman–Crippen LogP) is 4.55. The average molecular weight is 409 g/mol. The molecule has 4 rings (SSSR count). The van der Waals surface area contributed by atoms with Crippen molar-refractivity contribution in [2.45, 2.75) is 31.5 Å². The smallest absolute Gasteiger partial charge is 0.422 e. The standard InChI is InChI=1S/C19H18F3N3O2S/c1-10(16-8-24-18(28-16)27-9-19(20,21)22)25-17(26)13-6-12(13)14-7-23-15-5-3-2-4-11(14)15/h2-5,7-8,10,12-13,23H,6,9H2,1H3,(H,25,26)/t10?,12-,13-/m1/s1. The molecular formula is C19H18F3N3O2S. The summed E-state index contributed by atoms with van der Waals surface area (Å²) >= 11 is 1.00. The van der Waals surface area contributed by atoms with E-state index in [4.69, 9.17) is 0 Å². The minimum atomic E-state index is -4.41. The van der Waals surface area contributed by atoms with E-state index in [9.17, 15) is 18.0 Å². The minimum Gasteiger partial charge on any atom is -0.460 e. The van der Waals surface area contributed by atoms with Crippen molar-refractivity contribution in [1.29, 1.82) is 0 Å². The Bertz CT molecular complexity index is 998. The maximum atomic E-state index is 12.6. The highest BCUT2D eigenvalue weighted by Crippen LogP contribution is 2.49. The number of thiazole rings is 1. The van der Waals surface area contributed by atoms with Gasteiger partial charge in [0.2, 0.25) is 5.91 Å². The number of aromatic amines is 1. The topological polar surface area (TPSA) is 67.0 Å². The number of rotatable bonds is 6. The Balaban J connectivity index is 1.35. The number of nitrogens with one attached hydrogen (secondary N) is 2. The van der Waals surface area contributed by atoms with Gasteiger partial charge in [-0.3, -0.25) is 4.79 Å². The Morgan fingerprint density at radius 3 is 3.00 bits per heavy atom. The van der Waals surface area contributed by atoms with Crippen LogP contribution in [-0.2, 0) is 4.79 Å². The van der Waals surface area contributed by atoms with E-state index in [1.165, 1.54) is 6.20 Å². The van der Waals surface area contributed by atoms with Crippen molar-refractivity contribution in [1.82, 2.24) is 15.3 Å². The van der Waals surface area contributed by atoms with Gasteiger partial charge >= 0.3 is 6.18 Å². The summed E-state index contributed by atoms with van der Waals surface area (Å²) in [6.45, 7) is 0.400. The maximum Gasteiger partial charge on any atom is 0.422 e. The van der Waals surface area contributed by atoms with E-state index >= 15 is 0 Å². The summed E-state index contributed by atoms with van der Waals surface area (Å²) in [7, 11) is 0. The van der Waals surface area contributed by atoms with E-state index in [0.29, 0.717) is 4.88 Å². The van der Waals surface area contributed by atoms with Gasteiger partial charge in [-0.2, -0.15) is 13.2 Å². The lowest BCUT2D eigenvalue weighted by Crippen LogP contribution is -2.27. The number of carbonyl (C=O) groups is 1. The normalized spacial score (nSPS) is 20.1. The summed E-state index contributed by atoms with van der Waals surface area (Å²) in [5, 5.41) is 4.00. The van der Waals surface area contributed by atoms with Gasteiger partial charge in [-0.15, -0.1) is 0 Å². The highest BCUT2D eigenvalue weighted by Gasteiger charge is 2.45. The SMILES string of the molecule is CC(NC(=O)[C@@H]1C[C@H]1c1c[nH]c2ccccc12)c1cnc(OCC(F)(F)F)s1. The van der Waals surface area contributed by atoms with Crippen LogP contribution in [0.1, 0.15) is 35.7 Å². The molecular weight excluding hydrogens is 391 g/mol. The number of benzene rings is 1. The van der Waals surface area contributed by atoms with Crippen LogP contribution in [0.15, 0.2) is 36.7 Å². The molecule has 2 N–H and O–H groups in total. The molecule has 3 aromatic rings. The molecule has 2 aromatic heterocycles. The molecule has 0 spiro atoms.